The predicted molar refractivity (Wildman–Crippen MR) is 94.7 cm³/mol. The van der Waals surface area contributed by atoms with Gasteiger partial charge >= 0.3 is 0 Å². The van der Waals surface area contributed by atoms with Crippen molar-refractivity contribution in [3.05, 3.63) is 58.3 Å². The van der Waals surface area contributed by atoms with Gasteiger partial charge in [0.1, 0.15) is 11.5 Å². The van der Waals surface area contributed by atoms with Crippen molar-refractivity contribution in [1.82, 2.24) is 19.6 Å². The number of carbonyl (C=O) groups excluding carboxylic acids is 2. The highest BCUT2D eigenvalue weighted by Gasteiger charge is 2.19. The molecule has 0 radical (unpaired) electrons. The minimum absolute atomic E-state index is 0.0174. The molecule has 0 atom stereocenters. The normalized spacial score (nSPS) is 10.5. The lowest BCUT2D eigenvalue weighted by Gasteiger charge is -2.23. The van der Waals surface area contributed by atoms with Crippen molar-refractivity contribution in [3.8, 4) is 5.69 Å². The minimum Gasteiger partial charge on any atom is -0.342 e. The van der Waals surface area contributed by atoms with Gasteiger partial charge in [0.25, 0.3) is 11.5 Å². The van der Waals surface area contributed by atoms with E-state index in [0.29, 0.717) is 18.8 Å². The SMILES string of the molecule is CCN(CC)C(=O)CN(C)C(=O)c1ccc(=O)n(-c2ccc(F)cc2)n1. The number of nitrogens with zero attached hydrogens (tertiary/aromatic N) is 4. The third-order valence-corrected chi connectivity index (χ3v) is 3.93. The minimum atomic E-state index is -0.485. The molecule has 1 aromatic heterocycles. The third kappa shape index (κ3) is 4.33. The van der Waals surface area contributed by atoms with Crippen LogP contribution in [0, 0.1) is 5.82 Å². The average Bonchev–Trinajstić information content (AvgIpc) is 2.63. The maximum atomic E-state index is 13.1. The van der Waals surface area contributed by atoms with Crippen LogP contribution in [0.3, 0.4) is 0 Å². The smallest absolute Gasteiger partial charge is 0.274 e. The third-order valence-electron chi connectivity index (χ3n) is 3.93. The summed E-state index contributed by atoms with van der Waals surface area (Å²) in [6.07, 6.45) is 0. The quantitative estimate of drug-likeness (QED) is 0.778. The van der Waals surface area contributed by atoms with Crippen molar-refractivity contribution in [2.24, 2.45) is 0 Å². The van der Waals surface area contributed by atoms with Gasteiger partial charge in [0.05, 0.1) is 12.2 Å². The molecule has 0 unspecified atom stereocenters. The predicted octanol–water partition coefficient (Wildman–Crippen LogP) is 1.31. The molecule has 0 aliphatic heterocycles. The molecular formula is C18H21FN4O3. The summed E-state index contributed by atoms with van der Waals surface area (Å²) in [4.78, 5) is 39.6. The van der Waals surface area contributed by atoms with E-state index in [-0.39, 0.29) is 18.1 Å². The molecule has 2 rings (SSSR count). The fraction of sp³-hybridized carbons (Fsp3) is 0.333. The summed E-state index contributed by atoms with van der Waals surface area (Å²) in [5.74, 6) is -1.09. The van der Waals surface area contributed by atoms with Crippen molar-refractivity contribution in [1.29, 1.82) is 0 Å². The second kappa shape index (κ2) is 8.37. The maximum Gasteiger partial charge on any atom is 0.274 e. The van der Waals surface area contributed by atoms with Crippen LogP contribution in [0.25, 0.3) is 5.69 Å². The van der Waals surface area contributed by atoms with Crippen LogP contribution < -0.4 is 5.56 Å². The Morgan fingerprint density at radius 2 is 1.69 bits per heavy atom. The molecule has 2 amide bonds. The van der Waals surface area contributed by atoms with Gasteiger partial charge in [0, 0.05) is 26.2 Å². The van der Waals surface area contributed by atoms with Crippen molar-refractivity contribution in [2.45, 2.75) is 13.8 Å². The number of aromatic nitrogens is 2. The van der Waals surface area contributed by atoms with Gasteiger partial charge in [0.15, 0.2) is 0 Å². The van der Waals surface area contributed by atoms with E-state index < -0.39 is 17.3 Å². The molecule has 0 N–H and O–H groups in total. The first-order chi connectivity index (χ1) is 12.4. The summed E-state index contributed by atoms with van der Waals surface area (Å²) < 4.78 is 14.1. The van der Waals surface area contributed by atoms with Gasteiger partial charge in [0.2, 0.25) is 5.91 Å². The van der Waals surface area contributed by atoms with Gasteiger partial charge < -0.3 is 9.80 Å². The molecule has 7 nitrogen and oxygen atoms in total. The lowest BCUT2D eigenvalue weighted by Crippen LogP contribution is -2.41. The zero-order valence-corrected chi connectivity index (χ0v) is 15.0. The highest BCUT2D eigenvalue weighted by atomic mass is 19.1. The Hall–Kier alpha value is -3.03. The van der Waals surface area contributed by atoms with Crippen LogP contribution in [-0.2, 0) is 4.79 Å². The summed E-state index contributed by atoms with van der Waals surface area (Å²) >= 11 is 0. The summed E-state index contributed by atoms with van der Waals surface area (Å²) in [6, 6.07) is 7.71. The average molecular weight is 360 g/mol. The van der Waals surface area contributed by atoms with Gasteiger partial charge in [-0.15, -0.1) is 0 Å². The number of likely N-dealkylation sites (N-methyl/N-ethyl adjacent to an activating group) is 2. The van der Waals surface area contributed by atoms with E-state index in [0.717, 1.165) is 4.68 Å². The van der Waals surface area contributed by atoms with Crippen LogP contribution in [-0.4, -0.2) is 58.1 Å². The molecule has 0 fully saturated rings. The standard InChI is InChI=1S/C18H21FN4O3/c1-4-22(5-2)17(25)12-21(3)18(26)15-10-11-16(24)23(20-15)14-8-6-13(19)7-9-14/h6-11H,4-5,12H2,1-3H3. The monoisotopic (exact) mass is 360 g/mol. The molecule has 138 valence electrons. The van der Waals surface area contributed by atoms with Gasteiger partial charge in [-0.25, -0.2) is 4.39 Å². The molecule has 0 bridgehead atoms. The van der Waals surface area contributed by atoms with Gasteiger partial charge in [-0.1, -0.05) is 0 Å². The number of benzene rings is 1. The number of hydrogen-bond acceptors (Lipinski definition) is 4. The lowest BCUT2D eigenvalue weighted by molar-refractivity contribution is -0.131. The van der Waals surface area contributed by atoms with Crippen LogP contribution in [0.2, 0.25) is 0 Å². The van der Waals surface area contributed by atoms with E-state index in [2.05, 4.69) is 5.10 Å². The number of hydrogen-bond donors (Lipinski definition) is 0. The molecule has 0 saturated carbocycles. The van der Waals surface area contributed by atoms with Crippen LogP contribution in [0.15, 0.2) is 41.2 Å². The molecule has 0 saturated heterocycles. The van der Waals surface area contributed by atoms with Crippen molar-refractivity contribution in [3.63, 3.8) is 0 Å². The molecule has 2 aromatic rings. The first-order valence-corrected chi connectivity index (χ1v) is 8.27. The molecule has 26 heavy (non-hydrogen) atoms. The molecule has 8 heteroatoms. The van der Waals surface area contributed by atoms with Gasteiger partial charge in [-0.2, -0.15) is 9.78 Å². The van der Waals surface area contributed by atoms with Crippen LogP contribution in [0.5, 0.6) is 0 Å². The Bertz CT molecular complexity index is 844. The summed E-state index contributed by atoms with van der Waals surface area (Å²) in [5.41, 5.74) is -0.0910. The largest absolute Gasteiger partial charge is 0.342 e. The molecule has 0 spiro atoms. The van der Waals surface area contributed by atoms with E-state index in [4.69, 9.17) is 0 Å². The molecule has 0 aliphatic rings. The highest BCUT2D eigenvalue weighted by molar-refractivity contribution is 5.94. The summed E-state index contributed by atoms with van der Waals surface area (Å²) in [5, 5.41) is 4.05. The van der Waals surface area contributed by atoms with Crippen LogP contribution in [0.4, 0.5) is 4.39 Å². The topological polar surface area (TPSA) is 75.5 Å². The zero-order chi connectivity index (χ0) is 19.3. The fourth-order valence-electron chi connectivity index (χ4n) is 2.44. The van der Waals surface area contributed by atoms with Crippen molar-refractivity contribution in [2.75, 3.05) is 26.7 Å². The first-order valence-electron chi connectivity index (χ1n) is 8.27. The van der Waals surface area contributed by atoms with E-state index in [1.165, 1.54) is 48.3 Å². The second-order valence-corrected chi connectivity index (χ2v) is 5.67. The zero-order valence-electron chi connectivity index (χ0n) is 15.0. The summed E-state index contributed by atoms with van der Waals surface area (Å²) in [6.45, 7) is 4.76. The second-order valence-electron chi connectivity index (χ2n) is 5.67. The fourth-order valence-corrected chi connectivity index (χ4v) is 2.44. The van der Waals surface area contributed by atoms with E-state index in [9.17, 15) is 18.8 Å². The Balaban J connectivity index is 2.24. The van der Waals surface area contributed by atoms with E-state index in [1.807, 2.05) is 13.8 Å². The number of amides is 2. The maximum absolute atomic E-state index is 13.1. The first kappa shape index (κ1) is 19.3. The number of carbonyl (C=O) groups is 2. The molecule has 1 aromatic carbocycles. The van der Waals surface area contributed by atoms with Crippen LogP contribution >= 0.6 is 0 Å². The van der Waals surface area contributed by atoms with Crippen molar-refractivity contribution < 1.29 is 14.0 Å². The Kier molecular flexibility index (Phi) is 6.21. The Morgan fingerprint density at radius 3 is 2.27 bits per heavy atom. The van der Waals surface area contributed by atoms with Crippen molar-refractivity contribution >= 4 is 11.8 Å². The van der Waals surface area contributed by atoms with E-state index >= 15 is 0 Å². The van der Waals surface area contributed by atoms with Gasteiger partial charge in [-0.3, -0.25) is 14.4 Å². The lowest BCUT2D eigenvalue weighted by atomic mass is 10.3. The van der Waals surface area contributed by atoms with Crippen LogP contribution in [0.1, 0.15) is 24.3 Å². The van der Waals surface area contributed by atoms with E-state index in [1.54, 1.807) is 4.90 Å². The number of rotatable bonds is 6. The molecular weight excluding hydrogens is 339 g/mol. The van der Waals surface area contributed by atoms with Gasteiger partial charge in [-0.05, 0) is 44.2 Å². The Labute approximate surface area is 150 Å². The molecule has 0 aliphatic carbocycles. The Morgan fingerprint density at radius 1 is 1.08 bits per heavy atom. The highest BCUT2D eigenvalue weighted by Crippen LogP contribution is 2.07. The molecule has 1 heterocycles. The summed E-state index contributed by atoms with van der Waals surface area (Å²) in [7, 11) is 1.50. The number of halogens is 1.